The van der Waals surface area contributed by atoms with E-state index in [2.05, 4.69) is 32.0 Å². The summed E-state index contributed by atoms with van der Waals surface area (Å²) in [4.78, 5) is 13.5. The summed E-state index contributed by atoms with van der Waals surface area (Å²) < 4.78 is 5.75. The minimum Gasteiger partial charge on any atom is -0.463 e. The summed E-state index contributed by atoms with van der Waals surface area (Å²) in [6.45, 7) is 4.39. The Kier molecular flexibility index (Phi) is 4.14. The van der Waals surface area contributed by atoms with Crippen molar-refractivity contribution in [2.24, 2.45) is 0 Å². The molecule has 4 heteroatoms. The van der Waals surface area contributed by atoms with Crippen molar-refractivity contribution in [3.63, 3.8) is 0 Å². The molecule has 0 saturated heterocycles. The predicted octanol–water partition coefficient (Wildman–Crippen LogP) is 5.16. The second-order valence-corrected chi connectivity index (χ2v) is 6.67. The highest BCUT2D eigenvalue weighted by molar-refractivity contribution is 7.98. The number of hydrogen-bond donors (Lipinski definition) is 0. The first kappa shape index (κ1) is 14.7. The fourth-order valence-electron chi connectivity index (χ4n) is 2.54. The van der Waals surface area contributed by atoms with E-state index >= 15 is 0 Å². The van der Waals surface area contributed by atoms with Crippen LogP contribution in [0.5, 0.6) is 0 Å². The lowest BCUT2D eigenvalue weighted by Gasteiger charge is -2.20. The average Bonchev–Trinajstić information content (AvgIpc) is 2.53. The van der Waals surface area contributed by atoms with E-state index in [4.69, 9.17) is 16.0 Å². The normalized spacial score (nSPS) is 14.4. The van der Waals surface area contributed by atoms with Gasteiger partial charge in [-0.15, -0.1) is 23.4 Å². The molecule has 1 aromatic carbocycles. The number of fused-ring (bicyclic) bond motifs is 3. The highest BCUT2D eigenvalue weighted by Crippen LogP contribution is 2.41. The van der Waals surface area contributed by atoms with Crippen molar-refractivity contribution in [3.8, 4) is 11.3 Å². The van der Waals surface area contributed by atoms with E-state index in [1.165, 1.54) is 16.7 Å². The third-order valence-corrected chi connectivity index (χ3v) is 5.49. The smallest absolute Gasteiger partial charge is 0.193 e. The van der Waals surface area contributed by atoms with Crippen LogP contribution in [-0.4, -0.2) is 0 Å². The fourth-order valence-corrected chi connectivity index (χ4v) is 3.76. The van der Waals surface area contributed by atoms with Crippen LogP contribution >= 0.6 is 23.4 Å². The summed E-state index contributed by atoms with van der Waals surface area (Å²) in [5.74, 6) is 2.06. The third kappa shape index (κ3) is 2.53. The lowest BCUT2D eigenvalue weighted by atomic mass is 9.95. The molecule has 2 nitrogen and oxygen atoms in total. The summed E-state index contributed by atoms with van der Waals surface area (Å²) in [5, 5.41) is 0. The van der Waals surface area contributed by atoms with Crippen molar-refractivity contribution < 1.29 is 4.42 Å². The number of thioether (sulfide) groups is 1. The van der Waals surface area contributed by atoms with Crippen molar-refractivity contribution in [1.29, 1.82) is 0 Å². The monoisotopic (exact) mass is 320 g/mol. The zero-order valence-corrected chi connectivity index (χ0v) is 13.7. The Morgan fingerprint density at radius 3 is 2.95 bits per heavy atom. The molecule has 21 heavy (non-hydrogen) atoms. The Bertz CT molecular complexity index is 736. The van der Waals surface area contributed by atoms with Crippen LogP contribution in [0.15, 0.2) is 38.6 Å². The number of benzene rings is 1. The zero-order chi connectivity index (χ0) is 15.0. The third-order valence-electron chi connectivity index (χ3n) is 4.10. The molecule has 0 spiro atoms. The second kappa shape index (κ2) is 5.90. The Hall–Kier alpha value is -1.19. The molecule has 110 valence electrons. The van der Waals surface area contributed by atoms with E-state index in [9.17, 15) is 4.79 Å². The number of halogens is 1. The molecule has 0 radical (unpaired) electrons. The Balaban J connectivity index is 2.17. The molecule has 1 aliphatic heterocycles. The average molecular weight is 321 g/mol. The van der Waals surface area contributed by atoms with E-state index in [-0.39, 0.29) is 11.3 Å². The molecular weight excluding hydrogens is 304 g/mol. The molecule has 0 N–H and O–H groups in total. The molecule has 3 rings (SSSR count). The predicted molar refractivity (Wildman–Crippen MR) is 88.2 cm³/mol. The maximum atomic E-state index is 12.4. The van der Waals surface area contributed by atoms with Crippen LogP contribution < -0.4 is 5.43 Å². The highest BCUT2D eigenvalue weighted by Gasteiger charge is 2.23. The van der Waals surface area contributed by atoms with Gasteiger partial charge in [-0.25, -0.2) is 0 Å². The lowest BCUT2D eigenvalue weighted by Crippen LogP contribution is -2.15. The molecule has 1 aromatic heterocycles. The molecule has 0 fully saturated rings. The minimum atomic E-state index is 0.0262. The minimum absolute atomic E-state index is 0.0262. The summed E-state index contributed by atoms with van der Waals surface area (Å²) in [6, 6.07) is 6.48. The Morgan fingerprint density at radius 1 is 1.43 bits per heavy atom. The molecule has 2 aromatic rings. The van der Waals surface area contributed by atoms with Crippen molar-refractivity contribution in [2.75, 3.05) is 0 Å². The van der Waals surface area contributed by atoms with Gasteiger partial charge in [0.1, 0.15) is 5.76 Å². The van der Waals surface area contributed by atoms with Crippen LogP contribution in [0, 0.1) is 0 Å². The van der Waals surface area contributed by atoms with Crippen LogP contribution in [0.2, 0.25) is 0 Å². The van der Waals surface area contributed by atoms with Gasteiger partial charge < -0.3 is 4.42 Å². The fraction of sp³-hybridized carbons (Fsp3) is 0.353. The lowest BCUT2D eigenvalue weighted by molar-refractivity contribution is 0.551. The molecule has 1 aliphatic rings. The van der Waals surface area contributed by atoms with Crippen LogP contribution in [0.1, 0.15) is 42.9 Å². The van der Waals surface area contributed by atoms with Crippen LogP contribution in [0.4, 0.5) is 0 Å². The van der Waals surface area contributed by atoms with Gasteiger partial charge in [0.15, 0.2) is 5.43 Å². The van der Waals surface area contributed by atoms with Crippen LogP contribution in [-0.2, 0) is 11.6 Å². The quantitative estimate of drug-likeness (QED) is 0.731. The van der Waals surface area contributed by atoms with Gasteiger partial charge >= 0.3 is 0 Å². The summed E-state index contributed by atoms with van der Waals surface area (Å²) in [7, 11) is 0. The molecule has 0 bridgehead atoms. The standard InChI is InChI=1S/C17H17ClO2S/c1-3-10(2)11-4-5-15-13(6-11)17-14(9-21-15)16(19)12(7-18)8-20-17/h4-6,8,10H,3,7,9H2,1-2H3. The van der Waals surface area contributed by atoms with Gasteiger partial charge in [0.2, 0.25) is 0 Å². The molecule has 0 aliphatic carbocycles. The highest BCUT2D eigenvalue weighted by atomic mass is 35.5. The van der Waals surface area contributed by atoms with Crippen molar-refractivity contribution in [1.82, 2.24) is 0 Å². The molecule has 0 saturated carbocycles. The first-order chi connectivity index (χ1) is 10.2. The van der Waals surface area contributed by atoms with Crippen molar-refractivity contribution >= 4 is 23.4 Å². The van der Waals surface area contributed by atoms with Crippen molar-refractivity contribution in [3.05, 3.63) is 51.4 Å². The summed E-state index contributed by atoms with van der Waals surface area (Å²) in [5.41, 5.74) is 3.63. The first-order valence-electron chi connectivity index (χ1n) is 7.12. The van der Waals surface area contributed by atoms with Crippen LogP contribution in [0.3, 0.4) is 0 Å². The molecular formula is C17H17ClO2S. The Labute approximate surface area is 133 Å². The van der Waals surface area contributed by atoms with Crippen LogP contribution in [0.25, 0.3) is 11.3 Å². The number of rotatable bonds is 3. The maximum absolute atomic E-state index is 12.4. The maximum Gasteiger partial charge on any atom is 0.193 e. The van der Waals surface area contributed by atoms with Gasteiger partial charge in [-0.2, -0.15) is 0 Å². The van der Waals surface area contributed by atoms with E-state index in [1.54, 1.807) is 11.8 Å². The van der Waals surface area contributed by atoms with Gasteiger partial charge in [-0.3, -0.25) is 4.79 Å². The molecule has 2 heterocycles. The van der Waals surface area contributed by atoms with E-state index in [1.807, 2.05) is 0 Å². The number of hydrogen-bond acceptors (Lipinski definition) is 3. The van der Waals surface area contributed by atoms with Gasteiger partial charge in [0, 0.05) is 21.8 Å². The molecule has 1 unspecified atom stereocenters. The van der Waals surface area contributed by atoms with Gasteiger partial charge in [-0.1, -0.05) is 19.9 Å². The van der Waals surface area contributed by atoms with E-state index < -0.39 is 0 Å². The second-order valence-electron chi connectivity index (χ2n) is 5.38. The van der Waals surface area contributed by atoms with E-state index in [0.717, 1.165) is 17.5 Å². The van der Waals surface area contributed by atoms with Gasteiger partial charge in [0.05, 0.1) is 17.7 Å². The number of alkyl halides is 1. The molecule has 0 amide bonds. The topological polar surface area (TPSA) is 30.2 Å². The summed E-state index contributed by atoms with van der Waals surface area (Å²) >= 11 is 7.48. The van der Waals surface area contributed by atoms with E-state index in [0.29, 0.717) is 23.0 Å². The largest absolute Gasteiger partial charge is 0.463 e. The SMILES string of the molecule is CCC(C)c1ccc2c(c1)-c1occ(CCl)c(=O)c1CS2. The van der Waals surface area contributed by atoms with Gasteiger partial charge in [-0.05, 0) is 30.0 Å². The Morgan fingerprint density at radius 2 is 2.24 bits per heavy atom. The molecule has 1 atom stereocenters. The zero-order valence-electron chi connectivity index (χ0n) is 12.1. The van der Waals surface area contributed by atoms with Gasteiger partial charge in [0.25, 0.3) is 0 Å². The first-order valence-corrected chi connectivity index (χ1v) is 8.64. The summed E-state index contributed by atoms with van der Waals surface area (Å²) in [6.07, 6.45) is 2.60. The van der Waals surface area contributed by atoms with Crippen molar-refractivity contribution in [2.45, 2.75) is 42.7 Å².